The van der Waals surface area contributed by atoms with Gasteiger partial charge in [-0.25, -0.2) is 0 Å². The molecule has 0 atom stereocenters. The average Bonchev–Trinajstić information content (AvgIpc) is 2.72. The molecule has 0 aliphatic heterocycles. The Hall–Kier alpha value is -1.51. The van der Waals surface area contributed by atoms with Crippen LogP contribution in [0.2, 0.25) is 0 Å². The van der Waals surface area contributed by atoms with Gasteiger partial charge in [0.2, 0.25) is 0 Å². The first-order valence-corrected chi connectivity index (χ1v) is 5.60. The summed E-state index contributed by atoms with van der Waals surface area (Å²) in [5, 5.41) is 19.1. The second kappa shape index (κ2) is 3.81. The minimum atomic E-state index is -0.775. The summed E-state index contributed by atoms with van der Waals surface area (Å²) in [6.45, 7) is 1.79. The van der Waals surface area contributed by atoms with E-state index in [1.165, 1.54) is 0 Å². The highest BCUT2D eigenvalue weighted by atomic mass is 16.4. The van der Waals surface area contributed by atoms with Crippen LogP contribution in [0.1, 0.15) is 36.8 Å². The van der Waals surface area contributed by atoms with E-state index >= 15 is 0 Å². The van der Waals surface area contributed by atoms with E-state index in [2.05, 4.69) is 0 Å². The van der Waals surface area contributed by atoms with Crippen molar-refractivity contribution in [3.63, 3.8) is 0 Å². The summed E-state index contributed by atoms with van der Waals surface area (Å²) in [4.78, 5) is 11.5. The molecule has 1 aromatic carbocycles. The quantitative estimate of drug-likeness (QED) is 0.805. The van der Waals surface area contributed by atoms with Crippen LogP contribution < -0.4 is 0 Å². The molecule has 0 heterocycles. The second-order valence-electron chi connectivity index (χ2n) is 4.54. The Labute approximate surface area is 94.7 Å². The van der Waals surface area contributed by atoms with Crippen LogP contribution in [-0.4, -0.2) is 16.2 Å². The van der Waals surface area contributed by atoms with Crippen molar-refractivity contribution in [3.8, 4) is 5.75 Å². The summed E-state index contributed by atoms with van der Waals surface area (Å²) in [6, 6.07) is 5.15. The minimum absolute atomic E-state index is 0.185. The van der Waals surface area contributed by atoms with Crippen LogP contribution >= 0.6 is 0 Å². The molecular weight excluding hydrogens is 204 g/mol. The molecule has 1 aromatic rings. The van der Waals surface area contributed by atoms with Gasteiger partial charge in [0.15, 0.2) is 0 Å². The predicted octanol–water partition coefficient (Wildman–Crippen LogP) is 2.60. The largest absolute Gasteiger partial charge is 0.508 e. The lowest BCUT2D eigenvalue weighted by Gasteiger charge is -2.26. The van der Waals surface area contributed by atoms with Crippen LogP contribution in [0.25, 0.3) is 0 Å². The molecule has 0 aromatic heterocycles. The van der Waals surface area contributed by atoms with Crippen LogP contribution in [0.5, 0.6) is 5.75 Å². The van der Waals surface area contributed by atoms with Crippen LogP contribution in [0.15, 0.2) is 18.2 Å². The maximum absolute atomic E-state index is 11.5. The first kappa shape index (κ1) is 11.0. The molecule has 1 fully saturated rings. The fourth-order valence-corrected chi connectivity index (χ4v) is 2.72. The van der Waals surface area contributed by atoms with Crippen molar-refractivity contribution in [2.45, 2.75) is 38.0 Å². The Morgan fingerprint density at radius 1 is 1.31 bits per heavy atom. The van der Waals surface area contributed by atoms with Crippen molar-refractivity contribution < 1.29 is 15.0 Å². The molecule has 16 heavy (non-hydrogen) atoms. The predicted molar refractivity (Wildman–Crippen MR) is 60.6 cm³/mol. The van der Waals surface area contributed by atoms with Crippen molar-refractivity contribution in [1.82, 2.24) is 0 Å². The van der Waals surface area contributed by atoms with E-state index < -0.39 is 11.4 Å². The van der Waals surface area contributed by atoms with E-state index in [4.69, 9.17) is 0 Å². The Kier molecular flexibility index (Phi) is 2.62. The maximum atomic E-state index is 11.5. The number of benzene rings is 1. The zero-order valence-electron chi connectivity index (χ0n) is 9.36. The fourth-order valence-electron chi connectivity index (χ4n) is 2.72. The third-order valence-electron chi connectivity index (χ3n) is 3.69. The number of aliphatic carboxylic acids is 1. The summed E-state index contributed by atoms with van der Waals surface area (Å²) in [6.07, 6.45) is 3.24. The standard InChI is InChI=1S/C13H16O3/c1-9-10(5-4-6-11(9)14)13(12(15)16)7-2-3-8-13/h4-6,14H,2-3,7-8H2,1H3,(H,15,16). The zero-order chi connectivity index (χ0) is 11.8. The zero-order valence-corrected chi connectivity index (χ0v) is 9.36. The fraction of sp³-hybridized carbons (Fsp3) is 0.462. The van der Waals surface area contributed by atoms with Gasteiger partial charge in [-0.05, 0) is 37.0 Å². The van der Waals surface area contributed by atoms with E-state index in [1.54, 1.807) is 19.1 Å². The molecule has 1 saturated carbocycles. The van der Waals surface area contributed by atoms with E-state index in [1.807, 2.05) is 6.07 Å². The lowest BCUT2D eigenvalue weighted by atomic mass is 9.77. The maximum Gasteiger partial charge on any atom is 0.314 e. The minimum Gasteiger partial charge on any atom is -0.508 e. The van der Waals surface area contributed by atoms with Crippen LogP contribution in [0.4, 0.5) is 0 Å². The molecule has 3 nitrogen and oxygen atoms in total. The number of aromatic hydroxyl groups is 1. The third kappa shape index (κ3) is 1.47. The molecule has 3 heteroatoms. The summed E-state index contributed by atoms with van der Waals surface area (Å²) in [7, 11) is 0. The summed E-state index contributed by atoms with van der Waals surface area (Å²) in [5.41, 5.74) is 0.701. The molecule has 0 bridgehead atoms. The van der Waals surface area contributed by atoms with E-state index in [-0.39, 0.29) is 5.75 Å². The van der Waals surface area contributed by atoms with E-state index in [0.717, 1.165) is 18.4 Å². The van der Waals surface area contributed by atoms with E-state index in [0.29, 0.717) is 18.4 Å². The third-order valence-corrected chi connectivity index (χ3v) is 3.69. The molecule has 0 saturated heterocycles. The Morgan fingerprint density at radius 3 is 2.50 bits per heavy atom. The molecule has 1 aliphatic carbocycles. The summed E-state index contributed by atoms with van der Waals surface area (Å²) < 4.78 is 0. The average molecular weight is 220 g/mol. The normalized spacial score (nSPS) is 18.6. The van der Waals surface area contributed by atoms with Gasteiger partial charge >= 0.3 is 5.97 Å². The lowest BCUT2D eigenvalue weighted by Crippen LogP contribution is -2.33. The number of hydrogen-bond donors (Lipinski definition) is 2. The summed E-state index contributed by atoms with van der Waals surface area (Å²) >= 11 is 0. The van der Waals surface area contributed by atoms with Crippen molar-refractivity contribution >= 4 is 5.97 Å². The van der Waals surface area contributed by atoms with Gasteiger partial charge in [0, 0.05) is 0 Å². The highest BCUT2D eigenvalue weighted by molar-refractivity contribution is 5.82. The number of carbonyl (C=O) groups is 1. The molecule has 0 spiro atoms. The highest BCUT2D eigenvalue weighted by Crippen LogP contribution is 2.43. The van der Waals surface area contributed by atoms with Gasteiger partial charge < -0.3 is 10.2 Å². The first-order chi connectivity index (χ1) is 7.58. The van der Waals surface area contributed by atoms with Gasteiger partial charge in [-0.3, -0.25) is 4.79 Å². The first-order valence-electron chi connectivity index (χ1n) is 5.60. The molecule has 1 aliphatic rings. The highest BCUT2D eigenvalue weighted by Gasteiger charge is 2.43. The van der Waals surface area contributed by atoms with Gasteiger partial charge in [0.1, 0.15) is 5.75 Å². The van der Waals surface area contributed by atoms with Crippen molar-refractivity contribution in [1.29, 1.82) is 0 Å². The van der Waals surface area contributed by atoms with Crippen LogP contribution in [-0.2, 0) is 10.2 Å². The van der Waals surface area contributed by atoms with Gasteiger partial charge in [0.25, 0.3) is 0 Å². The Morgan fingerprint density at radius 2 is 1.94 bits per heavy atom. The molecule has 2 rings (SSSR count). The second-order valence-corrected chi connectivity index (χ2v) is 4.54. The lowest BCUT2D eigenvalue weighted by molar-refractivity contribution is -0.143. The number of phenolic OH excluding ortho intramolecular Hbond substituents is 1. The number of rotatable bonds is 2. The van der Waals surface area contributed by atoms with Gasteiger partial charge in [-0.15, -0.1) is 0 Å². The van der Waals surface area contributed by atoms with Gasteiger partial charge in [-0.2, -0.15) is 0 Å². The number of carboxylic acids is 1. The van der Waals surface area contributed by atoms with Crippen LogP contribution in [0, 0.1) is 6.92 Å². The monoisotopic (exact) mass is 220 g/mol. The van der Waals surface area contributed by atoms with Gasteiger partial charge in [0.05, 0.1) is 5.41 Å². The molecule has 0 radical (unpaired) electrons. The number of phenols is 1. The topological polar surface area (TPSA) is 57.5 Å². The summed E-state index contributed by atoms with van der Waals surface area (Å²) in [5.74, 6) is -0.580. The molecule has 0 amide bonds. The molecular formula is C13H16O3. The molecule has 2 N–H and O–H groups in total. The van der Waals surface area contributed by atoms with E-state index in [9.17, 15) is 15.0 Å². The Balaban J connectivity index is 2.56. The van der Waals surface area contributed by atoms with Crippen molar-refractivity contribution in [3.05, 3.63) is 29.3 Å². The molecule has 0 unspecified atom stereocenters. The SMILES string of the molecule is Cc1c(O)cccc1C1(C(=O)O)CCCC1. The van der Waals surface area contributed by atoms with Gasteiger partial charge in [-0.1, -0.05) is 25.0 Å². The smallest absolute Gasteiger partial charge is 0.314 e. The van der Waals surface area contributed by atoms with Crippen molar-refractivity contribution in [2.75, 3.05) is 0 Å². The van der Waals surface area contributed by atoms with Crippen LogP contribution in [0.3, 0.4) is 0 Å². The number of carboxylic acid groups (broad SMARTS) is 1. The number of hydrogen-bond acceptors (Lipinski definition) is 2. The Bertz CT molecular complexity index is 417. The van der Waals surface area contributed by atoms with Crippen molar-refractivity contribution in [2.24, 2.45) is 0 Å². The molecule has 86 valence electrons.